The largest absolute Gasteiger partial charge is 0.511 e. The third kappa shape index (κ3) is 6.76. The van der Waals surface area contributed by atoms with Crippen LogP contribution in [0.1, 0.15) is 30.9 Å². The van der Waals surface area contributed by atoms with E-state index in [1.54, 1.807) is 0 Å². The van der Waals surface area contributed by atoms with Gasteiger partial charge in [-0.2, -0.15) is 17.5 Å². The Morgan fingerprint density at radius 3 is 2.29 bits per heavy atom. The number of aliphatic imine (C=N–C) groups is 1. The van der Waals surface area contributed by atoms with Crippen LogP contribution in [0.4, 0.5) is 13.2 Å². The number of piperidine rings is 1. The van der Waals surface area contributed by atoms with Gasteiger partial charge < -0.3 is 10.6 Å². The number of nitrogens with one attached hydrogen (secondary N) is 2. The molecule has 1 heterocycles. The summed E-state index contributed by atoms with van der Waals surface area (Å²) in [5.74, 6) is 0.565. The smallest absolute Gasteiger partial charge is 0.357 e. The van der Waals surface area contributed by atoms with Crippen LogP contribution in [0.2, 0.25) is 0 Å². The quantitative estimate of drug-likeness (QED) is 0.346. The van der Waals surface area contributed by atoms with Gasteiger partial charge in [-0.25, -0.2) is 13.4 Å². The van der Waals surface area contributed by atoms with E-state index in [9.17, 15) is 21.6 Å². The van der Waals surface area contributed by atoms with E-state index in [0.29, 0.717) is 23.4 Å². The lowest BCUT2D eigenvalue weighted by atomic mass is 10.1. The van der Waals surface area contributed by atoms with E-state index in [4.69, 9.17) is 0 Å². The molecule has 0 saturated carbocycles. The molecule has 0 aliphatic carbocycles. The summed E-state index contributed by atoms with van der Waals surface area (Å²) in [6, 6.07) is 7.84. The zero-order valence-electron chi connectivity index (χ0n) is 15.8. The molecule has 0 unspecified atom stereocenters. The number of guanidine groups is 1. The number of rotatable bonds is 5. The van der Waals surface area contributed by atoms with Gasteiger partial charge in [0.2, 0.25) is 0 Å². The molecule has 160 valence electrons. The maximum absolute atomic E-state index is 12.6. The van der Waals surface area contributed by atoms with Crippen molar-refractivity contribution in [3.05, 3.63) is 35.4 Å². The predicted molar refractivity (Wildman–Crippen MR) is 114 cm³/mol. The summed E-state index contributed by atoms with van der Waals surface area (Å²) in [5, 5.41) is 6.29. The molecule has 1 aromatic carbocycles. The lowest BCUT2D eigenvalue weighted by molar-refractivity contribution is -0.0494. The van der Waals surface area contributed by atoms with Gasteiger partial charge in [0.15, 0.2) is 5.96 Å². The fraction of sp³-hybridized carbons (Fsp3) is 0.588. The molecular formula is C17H26F3IN4O2S. The van der Waals surface area contributed by atoms with Crippen LogP contribution in [-0.2, 0) is 16.6 Å². The standard InChI is InChI=1S/C17H25F3N4O2S.HI/c1-3-21-16(22-12-14-6-4-13(2)5-7-14)23-15-8-10-24(11-9-15)27(25,26)17(18,19)20;/h4-7,15H,3,8-12H2,1-2H3,(H2,21,22,23);1H. The maximum Gasteiger partial charge on any atom is 0.511 e. The Morgan fingerprint density at radius 1 is 1.21 bits per heavy atom. The molecule has 2 N–H and O–H groups in total. The average molecular weight is 534 g/mol. The second-order valence-electron chi connectivity index (χ2n) is 6.45. The molecular weight excluding hydrogens is 508 g/mol. The third-order valence-corrected chi connectivity index (χ3v) is 5.94. The van der Waals surface area contributed by atoms with E-state index in [0.717, 1.165) is 11.1 Å². The molecule has 0 atom stereocenters. The predicted octanol–water partition coefficient (Wildman–Crippen LogP) is 2.98. The summed E-state index contributed by atoms with van der Waals surface area (Å²) >= 11 is 0. The molecule has 0 aromatic heterocycles. The van der Waals surface area contributed by atoms with E-state index >= 15 is 0 Å². The van der Waals surface area contributed by atoms with Crippen molar-refractivity contribution in [1.29, 1.82) is 0 Å². The monoisotopic (exact) mass is 534 g/mol. The lowest BCUT2D eigenvalue weighted by Gasteiger charge is -2.32. The minimum absolute atomic E-state index is 0. The van der Waals surface area contributed by atoms with Gasteiger partial charge in [-0.05, 0) is 32.3 Å². The summed E-state index contributed by atoms with van der Waals surface area (Å²) < 4.78 is 61.3. The Bertz CT molecular complexity index is 747. The van der Waals surface area contributed by atoms with Crippen molar-refractivity contribution in [2.45, 2.75) is 44.8 Å². The van der Waals surface area contributed by atoms with Crippen molar-refractivity contribution in [3.63, 3.8) is 0 Å². The Balaban J connectivity index is 0.00000392. The van der Waals surface area contributed by atoms with E-state index in [2.05, 4.69) is 15.6 Å². The number of benzene rings is 1. The summed E-state index contributed by atoms with van der Waals surface area (Å²) in [4.78, 5) is 4.50. The van der Waals surface area contributed by atoms with E-state index in [1.807, 2.05) is 38.1 Å². The molecule has 11 heteroatoms. The van der Waals surface area contributed by atoms with Gasteiger partial charge in [-0.1, -0.05) is 29.8 Å². The van der Waals surface area contributed by atoms with Crippen molar-refractivity contribution in [2.75, 3.05) is 19.6 Å². The number of halogens is 4. The molecule has 0 bridgehead atoms. The SMILES string of the molecule is CCNC(=NCc1ccc(C)cc1)NC1CCN(S(=O)(=O)C(F)(F)F)CC1.I. The van der Waals surface area contributed by atoms with Crippen molar-refractivity contribution in [2.24, 2.45) is 4.99 Å². The summed E-state index contributed by atoms with van der Waals surface area (Å²) in [6.07, 6.45) is 0.564. The average Bonchev–Trinajstić information content (AvgIpc) is 2.61. The molecule has 0 amide bonds. The molecule has 0 spiro atoms. The van der Waals surface area contributed by atoms with Gasteiger partial charge in [0.05, 0.1) is 6.54 Å². The van der Waals surface area contributed by atoms with Crippen LogP contribution in [-0.4, -0.2) is 49.9 Å². The maximum atomic E-state index is 12.6. The second-order valence-corrected chi connectivity index (χ2v) is 8.38. The minimum Gasteiger partial charge on any atom is -0.357 e. The van der Waals surface area contributed by atoms with Gasteiger partial charge in [0.25, 0.3) is 0 Å². The first kappa shape index (κ1) is 25.0. The van der Waals surface area contributed by atoms with Gasteiger partial charge >= 0.3 is 15.5 Å². The molecule has 1 saturated heterocycles. The molecule has 1 aliphatic rings. The topological polar surface area (TPSA) is 73.8 Å². The number of sulfonamides is 1. The van der Waals surface area contributed by atoms with Crippen molar-refractivity contribution < 1.29 is 21.6 Å². The molecule has 1 fully saturated rings. The number of nitrogens with zero attached hydrogens (tertiary/aromatic N) is 2. The molecule has 0 radical (unpaired) electrons. The first-order valence-electron chi connectivity index (χ1n) is 8.80. The molecule has 1 aliphatic heterocycles. The highest BCUT2D eigenvalue weighted by atomic mass is 127. The number of hydrogen-bond donors (Lipinski definition) is 2. The number of alkyl halides is 3. The zero-order valence-corrected chi connectivity index (χ0v) is 18.9. The van der Waals surface area contributed by atoms with Crippen LogP contribution in [0.3, 0.4) is 0 Å². The lowest BCUT2D eigenvalue weighted by Crippen LogP contribution is -2.51. The second kappa shape index (κ2) is 10.6. The number of aryl methyl sites for hydroxylation is 1. The van der Waals surface area contributed by atoms with Crippen LogP contribution in [0, 0.1) is 6.92 Å². The van der Waals surface area contributed by atoms with Gasteiger partial charge in [-0.15, -0.1) is 24.0 Å². The van der Waals surface area contributed by atoms with Crippen LogP contribution < -0.4 is 10.6 Å². The first-order valence-corrected chi connectivity index (χ1v) is 10.2. The highest BCUT2D eigenvalue weighted by Gasteiger charge is 2.50. The Morgan fingerprint density at radius 2 is 1.79 bits per heavy atom. The van der Waals surface area contributed by atoms with Crippen LogP contribution in [0.15, 0.2) is 29.3 Å². The zero-order chi connectivity index (χ0) is 20.1. The van der Waals surface area contributed by atoms with Gasteiger partial charge in [0.1, 0.15) is 0 Å². The van der Waals surface area contributed by atoms with Crippen molar-refractivity contribution in [3.8, 4) is 0 Å². The summed E-state index contributed by atoms with van der Waals surface area (Å²) in [5.41, 5.74) is -3.05. The number of hydrogen-bond acceptors (Lipinski definition) is 3. The fourth-order valence-electron chi connectivity index (χ4n) is 2.76. The normalized spacial score (nSPS) is 17.1. The third-order valence-electron chi connectivity index (χ3n) is 4.31. The summed E-state index contributed by atoms with van der Waals surface area (Å²) in [6.45, 7) is 4.69. The molecule has 1 aromatic rings. The van der Waals surface area contributed by atoms with Crippen LogP contribution in [0.5, 0.6) is 0 Å². The van der Waals surface area contributed by atoms with Gasteiger partial charge in [0, 0.05) is 25.7 Å². The highest BCUT2D eigenvalue weighted by Crippen LogP contribution is 2.28. The van der Waals surface area contributed by atoms with E-state index < -0.39 is 15.5 Å². The fourth-order valence-corrected chi connectivity index (χ4v) is 3.75. The van der Waals surface area contributed by atoms with Gasteiger partial charge in [-0.3, -0.25) is 0 Å². The van der Waals surface area contributed by atoms with E-state index in [-0.39, 0.29) is 55.9 Å². The Kier molecular flexibility index (Phi) is 9.47. The molecule has 2 rings (SSSR count). The summed E-state index contributed by atoms with van der Waals surface area (Å²) in [7, 11) is -5.25. The van der Waals surface area contributed by atoms with Crippen LogP contribution >= 0.6 is 24.0 Å². The van der Waals surface area contributed by atoms with Crippen LogP contribution in [0.25, 0.3) is 0 Å². The van der Waals surface area contributed by atoms with E-state index in [1.165, 1.54) is 0 Å². The Labute approximate surface area is 181 Å². The van der Waals surface area contributed by atoms with Crippen molar-refractivity contribution in [1.82, 2.24) is 14.9 Å². The molecule has 28 heavy (non-hydrogen) atoms. The van der Waals surface area contributed by atoms with Crippen molar-refractivity contribution >= 4 is 40.0 Å². The molecule has 6 nitrogen and oxygen atoms in total. The first-order chi connectivity index (χ1) is 12.6. The Hall–Kier alpha value is -1.08. The highest BCUT2D eigenvalue weighted by molar-refractivity contribution is 14.0. The minimum atomic E-state index is -5.25.